The van der Waals surface area contributed by atoms with Gasteiger partial charge in [-0.05, 0) is 42.0 Å². The third-order valence-electron chi connectivity index (χ3n) is 4.06. The first-order valence-electron chi connectivity index (χ1n) is 6.88. The zero-order valence-electron chi connectivity index (χ0n) is 11.0. The van der Waals surface area contributed by atoms with Crippen molar-refractivity contribution in [2.24, 2.45) is 0 Å². The van der Waals surface area contributed by atoms with E-state index in [-0.39, 0.29) is 5.82 Å². The highest BCUT2D eigenvalue weighted by Crippen LogP contribution is 2.37. The fraction of sp³-hybridized carbons (Fsp3) is 0.294. The summed E-state index contributed by atoms with van der Waals surface area (Å²) in [6.07, 6.45) is 2.79. The third kappa shape index (κ3) is 2.65. The van der Waals surface area contributed by atoms with Gasteiger partial charge in [0.25, 0.3) is 0 Å². The molecule has 1 nitrogen and oxygen atoms in total. The van der Waals surface area contributed by atoms with Gasteiger partial charge in [0, 0.05) is 10.0 Å². The van der Waals surface area contributed by atoms with Crippen molar-refractivity contribution in [2.75, 3.05) is 0 Å². The van der Waals surface area contributed by atoms with E-state index in [0.717, 1.165) is 5.56 Å². The van der Waals surface area contributed by atoms with Crippen LogP contribution in [0.3, 0.4) is 0 Å². The summed E-state index contributed by atoms with van der Waals surface area (Å²) in [5.41, 5.74) is 2.33. The van der Waals surface area contributed by atoms with Crippen LogP contribution in [0.4, 0.5) is 4.39 Å². The maximum absolute atomic E-state index is 13.9. The van der Waals surface area contributed by atoms with Crippen LogP contribution >= 0.6 is 15.9 Å². The molecular formula is C17H16BrFO. The van der Waals surface area contributed by atoms with Gasteiger partial charge in [-0.2, -0.15) is 0 Å². The molecule has 0 spiro atoms. The Morgan fingerprint density at radius 3 is 2.60 bits per heavy atom. The number of aliphatic hydroxyl groups excluding tert-OH is 1. The molecule has 0 aliphatic heterocycles. The van der Waals surface area contributed by atoms with Crippen molar-refractivity contribution in [3.63, 3.8) is 0 Å². The summed E-state index contributed by atoms with van der Waals surface area (Å²) in [5, 5.41) is 10.4. The highest BCUT2D eigenvalue weighted by molar-refractivity contribution is 9.10. The van der Waals surface area contributed by atoms with Crippen LogP contribution in [0.25, 0.3) is 0 Å². The molecule has 0 heterocycles. The van der Waals surface area contributed by atoms with E-state index in [0.29, 0.717) is 16.0 Å². The van der Waals surface area contributed by atoms with E-state index in [1.165, 1.54) is 30.9 Å². The molecule has 1 unspecified atom stereocenters. The van der Waals surface area contributed by atoms with Crippen molar-refractivity contribution in [2.45, 2.75) is 31.3 Å². The molecule has 3 heteroatoms. The second-order valence-corrected chi connectivity index (χ2v) is 6.28. The van der Waals surface area contributed by atoms with Crippen LogP contribution in [0.1, 0.15) is 48.0 Å². The molecule has 1 N–H and O–H groups in total. The normalized spacial score (nSPS) is 16.8. The largest absolute Gasteiger partial charge is 0.384 e. The minimum Gasteiger partial charge on any atom is -0.384 e. The zero-order chi connectivity index (χ0) is 14.1. The van der Waals surface area contributed by atoms with Crippen molar-refractivity contribution in [1.82, 2.24) is 0 Å². The lowest BCUT2D eigenvalue weighted by molar-refractivity contribution is 0.214. The Kier molecular flexibility index (Phi) is 3.90. The van der Waals surface area contributed by atoms with Crippen LogP contribution in [-0.2, 0) is 0 Å². The number of halogens is 2. The van der Waals surface area contributed by atoms with Gasteiger partial charge in [0.05, 0.1) is 0 Å². The van der Waals surface area contributed by atoms with Crippen LogP contribution in [0, 0.1) is 5.82 Å². The number of rotatable bonds is 3. The highest BCUT2D eigenvalue weighted by Gasteiger charge is 2.21. The molecule has 2 aromatic carbocycles. The van der Waals surface area contributed by atoms with E-state index in [2.05, 4.69) is 22.0 Å². The smallest absolute Gasteiger partial charge is 0.130 e. The van der Waals surface area contributed by atoms with Gasteiger partial charge in [-0.3, -0.25) is 0 Å². The van der Waals surface area contributed by atoms with Crippen molar-refractivity contribution in [3.8, 4) is 0 Å². The molecule has 3 rings (SSSR count). The van der Waals surface area contributed by atoms with Gasteiger partial charge < -0.3 is 5.11 Å². The highest BCUT2D eigenvalue weighted by atomic mass is 79.9. The van der Waals surface area contributed by atoms with Crippen LogP contribution in [0.15, 0.2) is 46.9 Å². The molecule has 0 saturated heterocycles. The molecular weight excluding hydrogens is 319 g/mol. The molecule has 1 aliphatic rings. The summed E-state index contributed by atoms with van der Waals surface area (Å²) in [5.74, 6) is 0.220. The maximum Gasteiger partial charge on any atom is 0.130 e. The maximum atomic E-state index is 13.9. The van der Waals surface area contributed by atoms with Gasteiger partial charge in [0.1, 0.15) is 11.9 Å². The van der Waals surface area contributed by atoms with E-state index in [9.17, 15) is 9.50 Å². The summed E-state index contributed by atoms with van der Waals surface area (Å²) in [6, 6.07) is 12.7. The Morgan fingerprint density at radius 2 is 1.95 bits per heavy atom. The van der Waals surface area contributed by atoms with Gasteiger partial charge in [-0.1, -0.05) is 52.7 Å². The molecule has 1 fully saturated rings. The average Bonchev–Trinajstić information content (AvgIpc) is 2.36. The lowest BCUT2D eigenvalue weighted by Crippen LogP contribution is -2.10. The summed E-state index contributed by atoms with van der Waals surface area (Å²) in [7, 11) is 0. The van der Waals surface area contributed by atoms with Gasteiger partial charge in [0.15, 0.2) is 0 Å². The van der Waals surface area contributed by atoms with E-state index in [1.807, 2.05) is 18.2 Å². The van der Waals surface area contributed by atoms with Crippen molar-refractivity contribution < 1.29 is 9.50 Å². The molecule has 2 aromatic rings. The molecule has 20 heavy (non-hydrogen) atoms. The SMILES string of the molecule is OC(c1cccc(C2CCC2)c1)c1ccc(Br)cc1F. The first-order valence-corrected chi connectivity index (χ1v) is 7.67. The number of hydrogen-bond acceptors (Lipinski definition) is 1. The fourth-order valence-corrected chi connectivity index (χ4v) is 2.96. The average molecular weight is 335 g/mol. The van der Waals surface area contributed by atoms with Gasteiger partial charge >= 0.3 is 0 Å². The van der Waals surface area contributed by atoms with E-state index in [4.69, 9.17) is 0 Å². The Balaban J connectivity index is 1.91. The molecule has 0 amide bonds. The predicted octanol–water partition coefficient (Wildman–Crippen LogP) is 4.94. The van der Waals surface area contributed by atoms with E-state index < -0.39 is 6.10 Å². The van der Waals surface area contributed by atoms with E-state index >= 15 is 0 Å². The first kappa shape index (κ1) is 13.8. The minimum absolute atomic E-state index is 0.318. The summed E-state index contributed by atoms with van der Waals surface area (Å²) in [6.45, 7) is 0. The third-order valence-corrected chi connectivity index (χ3v) is 4.55. The molecule has 1 saturated carbocycles. The Morgan fingerprint density at radius 1 is 1.15 bits per heavy atom. The summed E-state index contributed by atoms with van der Waals surface area (Å²) in [4.78, 5) is 0. The van der Waals surface area contributed by atoms with Crippen LogP contribution < -0.4 is 0 Å². The standard InChI is InChI=1S/C17H16BrFO/c18-14-7-8-15(16(19)10-14)17(20)13-6-2-5-12(9-13)11-3-1-4-11/h2,5-11,17,20H,1,3-4H2. The molecule has 0 bridgehead atoms. The molecule has 1 aliphatic carbocycles. The Bertz CT molecular complexity index is 622. The summed E-state index contributed by atoms with van der Waals surface area (Å²) >= 11 is 3.23. The zero-order valence-corrected chi connectivity index (χ0v) is 12.6. The Hall–Kier alpha value is -1.19. The Labute approximate surface area is 126 Å². The first-order chi connectivity index (χ1) is 9.65. The topological polar surface area (TPSA) is 20.2 Å². The van der Waals surface area contributed by atoms with Gasteiger partial charge in [-0.25, -0.2) is 4.39 Å². The molecule has 104 valence electrons. The quantitative estimate of drug-likeness (QED) is 0.843. The molecule has 0 aromatic heterocycles. The summed E-state index contributed by atoms with van der Waals surface area (Å²) < 4.78 is 14.6. The molecule has 1 atom stereocenters. The second-order valence-electron chi connectivity index (χ2n) is 5.37. The molecule has 0 radical (unpaired) electrons. The van der Waals surface area contributed by atoms with Gasteiger partial charge in [0.2, 0.25) is 0 Å². The number of benzene rings is 2. The number of hydrogen-bond donors (Lipinski definition) is 1. The van der Waals surface area contributed by atoms with Gasteiger partial charge in [-0.15, -0.1) is 0 Å². The minimum atomic E-state index is -0.914. The van der Waals surface area contributed by atoms with Crippen LogP contribution in [0.5, 0.6) is 0 Å². The van der Waals surface area contributed by atoms with Crippen molar-refractivity contribution >= 4 is 15.9 Å². The van der Waals surface area contributed by atoms with Crippen LogP contribution in [0.2, 0.25) is 0 Å². The number of aliphatic hydroxyl groups is 1. The lowest BCUT2D eigenvalue weighted by atomic mass is 9.79. The van der Waals surface area contributed by atoms with Crippen molar-refractivity contribution in [1.29, 1.82) is 0 Å². The predicted molar refractivity (Wildman–Crippen MR) is 81.2 cm³/mol. The second kappa shape index (κ2) is 5.66. The fourth-order valence-electron chi connectivity index (χ4n) is 2.63. The van der Waals surface area contributed by atoms with Crippen molar-refractivity contribution in [3.05, 3.63) is 69.4 Å². The lowest BCUT2D eigenvalue weighted by Gasteiger charge is -2.26. The van der Waals surface area contributed by atoms with E-state index in [1.54, 1.807) is 12.1 Å². The van der Waals surface area contributed by atoms with Crippen LogP contribution in [-0.4, -0.2) is 5.11 Å². The monoisotopic (exact) mass is 334 g/mol.